The van der Waals surface area contributed by atoms with Crippen LogP contribution in [0.5, 0.6) is 5.75 Å². The molecule has 2 rings (SSSR count). The number of hydrogen-bond donors (Lipinski definition) is 2. The summed E-state index contributed by atoms with van der Waals surface area (Å²) in [6, 6.07) is 5.33. The van der Waals surface area contributed by atoms with E-state index in [2.05, 4.69) is 26.6 Å². The van der Waals surface area contributed by atoms with Crippen molar-refractivity contribution in [3.05, 3.63) is 27.7 Å². The SMILES string of the molecule is O=C(CCOc1ccc(Cl)cc1Br)NCCC1CCCNC1. The summed E-state index contributed by atoms with van der Waals surface area (Å²) in [6.07, 6.45) is 3.90. The van der Waals surface area contributed by atoms with Gasteiger partial charge in [0.1, 0.15) is 5.75 Å². The number of ether oxygens (including phenoxy) is 1. The molecule has 0 bridgehead atoms. The minimum atomic E-state index is 0.0360. The molecule has 1 aliphatic heterocycles. The van der Waals surface area contributed by atoms with E-state index < -0.39 is 0 Å². The van der Waals surface area contributed by atoms with E-state index >= 15 is 0 Å². The largest absolute Gasteiger partial charge is 0.492 e. The van der Waals surface area contributed by atoms with Crippen LogP contribution in [0.15, 0.2) is 22.7 Å². The molecule has 1 unspecified atom stereocenters. The first-order valence-corrected chi connectivity index (χ1v) is 8.87. The fraction of sp³-hybridized carbons (Fsp3) is 0.562. The van der Waals surface area contributed by atoms with Crippen LogP contribution in [-0.4, -0.2) is 32.1 Å². The molecule has 1 aromatic rings. The van der Waals surface area contributed by atoms with Gasteiger partial charge in [-0.3, -0.25) is 4.79 Å². The van der Waals surface area contributed by atoms with Gasteiger partial charge in [-0.1, -0.05) is 11.6 Å². The van der Waals surface area contributed by atoms with Gasteiger partial charge >= 0.3 is 0 Å². The summed E-state index contributed by atoms with van der Waals surface area (Å²) in [5.41, 5.74) is 0. The van der Waals surface area contributed by atoms with Gasteiger partial charge in [-0.15, -0.1) is 0 Å². The molecule has 0 spiro atoms. The summed E-state index contributed by atoms with van der Waals surface area (Å²) in [6.45, 7) is 3.30. The average Bonchev–Trinajstić information content (AvgIpc) is 2.50. The van der Waals surface area contributed by atoms with Crippen LogP contribution in [0.1, 0.15) is 25.7 Å². The van der Waals surface area contributed by atoms with Crippen LogP contribution < -0.4 is 15.4 Å². The Hall–Kier alpha value is -0.780. The van der Waals surface area contributed by atoms with Gasteiger partial charge in [-0.2, -0.15) is 0 Å². The lowest BCUT2D eigenvalue weighted by atomic mass is 9.96. The maximum absolute atomic E-state index is 11.8. The average molecular weight is 390 g/mol. The summed E-state index contributed by atoms with van der Waals surface area (Å²) in [5.74, 6) is 1.43. The van der Waals surface area contributed by atoms with Crippen molar-refractivity contribution in [2.45, 2.75) is 25.7 Å². The summed E-state index contributed by atoms with van der Waals surface area (Å²) in [4.78, 5) is 11.8. The van der Waals surface area contributed by atoms with Crippen LogP contribution in [0.2, 0.25) is 5.02 Å². The Kier molecular flexibility index (Phi) is 7.49. The number of halogens is 2. The Balaban J connectivity index is 1.59. The lowest BCUT2D eigenvalue weighted by Gasteiger charge is -2.22. The van der Waals surface area contributed by atoms with E-state index in [4.69, 9.17) is 16.3 Å². The molecule has 1 saturated heterocycles. The van der Waals surface area contributed by atoms with E-state index in [-0.39, 0.29) is 5.91 Å². The summed E-state index contributed by atoms with van der Waals surface area (Å²) in [7, 11) is 0. The third kappa shape index (κ3) is 6.15. The molecular weight excluding hydrogens is 368 g/mol. The van der Waals surface area contributed by atoms with Crippen LogP contribution in [0.3, 0.4) is 0 Å². The zero-order valence-corrected chi connectivity index (χ0v) is 14.9. The van der Waals surface area contributed by atoms with E-state index in [1.54, 1.807) is 18.2 Å². The summed E-state index contributed by atoms with van der Waals surface area (Å²) < 4.78 is 6.38. The number of nitrogens with one attached hydrogen (secondary N) is 2. The molecule has 0 aromatic heterocycles. The molecule has 1 heterocycles. The fourth-order valence-electron chi connectivity index (χ4n) is 2.52. The second-order valence-corrected chi connectivity index (χ2v) is 6.81. The van der Waals surface area contributed by atoms with E-state index in [1.165, 1.54) is 12.8 Å². The maximum Gasteiger partial charge on any atom is 0.223 e. The molecule has 2 N–H and O–H groups in total. The summed E-state index contributed by atoms with van der Waals surface area (Å²) in [5, 5.41) is 7.00. The monoisotopic (exact) mass is 388 g/mol. The quantitative estimate of drug-likeness (QED) is 0.751. The molecular formula is C16H22BrClN2O2. The number of amides is 1. The molecule has 1 aromatic carbocycles. The van der Waals surface area contributed by atoms with Gasteiger partial charge in [0.2, 0.25) is 5.91 Å². The van der Waals surface area contributed by atoms with Crippen molar-refractivity contribution in [3.63, 3.8) is 0 Å². The van der Waals surface area contributed by atoms with E-state index in [0.29, 0.717) is 29.7 Å². The molecule has 22 heavy (non-hydrogen) atoms. The topological polar surface area (TPSA) is 50.4 Å². The van der Waals surface area contributed by atoms with Crippen molar-refractivity contribution in [2.75, 3.05) is 26.2 Å². The minimum Gasteiger partial charge on any atom is -0.492 e. The van der Waals surface area contributed by atoms with Gasteiger partial charge in [-0.25, -0.2) is 0 Å². The smallest absolute Gasteiger partial charge is 0.223 e. The molecule has 1 aliphatic rings. The van der Waals surface area contributed by atoms with Gasteiger partial charge in [0, 0.05) is 11.6 Å². The zero-order chi connectivity index (χ0) is 15.8. The highest BCUT2D eigenvalue weighted by Crippen LogP contribution is 2.27. The predicted molar refractivity (Wildman–Crippen MR) is 92.5 cm³/mol. The third-order valence-electron chi connectivity index (χ3n) is 3.75. The number of piperidine rings is 1. The van der Waals surface area contributed by atoms with Crippen molar-refractivity contribution in [1.29, 1.82) is 0 Å². The Labute approximate surface area is 145 Å². The number of hydrogen-bond acceptors (Lipinski definition) is 3. The van der Waals surface area contributed by atoms with Crippen molar-refractivity contribution in [1.82, 2.24) is 10.6 Å². The third-order valence-corrected chi connectivity index (χ3v) is 4.61. The summed E-state index contributed by atoms with van der Waals surface area (Å²) >= 11 is 9.25. The molecule has 122 valence electrons. The minimum absolute atomic E-state index is 0.0360. The first-order valence-electron chi connectivity index (χ1n) is 7.70. The first-order chi connectivity index (χ1) is 10.6. The molecule has 6 heteroatoms. The number of carbonyl (C=O) groups excluding carboxylic acids is 1. The normalized spacial score (nSPS) is 18.0. The second kappa shape index (κ2) is 9.38. The van der Waals surface area contributed by atoms with Gasteiger partial charge in [0.15, 0.2) is 0 Å². The first kappa shape index (κ1) is 17.6. The predicted octanol–water partition coefficient (Wildman–Crippen LogP) is 3.38. The lowest BCUT2D eigenvalue weighted by molar-refractivity contribution is -0.121. The highest BCUT2D eigenvalue weighted by molar-refractivity contribution is 9.10. The zero-order valence-electron chi connectivity index (χ0n) is 12.5. The van der Waals surface area contributed by atoms with Crippen LogP contribution >= 0.6 is 27.5 Å². The van der Waals surface area contributed by atoms with Gasteiger partial charge in [0.05, 0.1) is 17.5 Å². The van der Waals surface area contributed by atoms with Gasteiger partial charge in [-0.05, 0) is 72.4 Å². The highest BCUT2D eigenvalue weighted by Gasteiger charge is 2.12. The number of rotatable bonds is 7. The van der Waals surface area contributed by atoms with E-state index in [1.807, 2.05) is 0 Å². The number of carbonyl (C=O) groups is 1. The van der Waals surface area contributed by atoms with Gasteiger partial charge < -0.3 is 15.4 Å². The molecule has 0 aliphatic carbocycles. The Morgan fingerprint density at radius 2 is 2.36 bits per heavy atom. The van der Waals surface area contributed by atoms with Crippen molar-refractivity contribution < 1.29 is 9.53 Å². The second-order valence-electron chi connectivity index (χ2n) is 5.52. The molecule has 0 radical (unpaired) electrons. The van der Waals surface area contributed by atoms with Crippen LogP contribution in [0, 0.1) is 5.92 Å². The van der Waals surface area contributed by atoms with Crippen molar-refractivity contribution >= 4 is 33.4 Å². The van der Waals surface area contributed by atoms with Crippen LogP contribution in [-0.2, 0) is 4.79 Å². The Bertz CT molecular complexity index is 493. The van der Waals surface area contributed by atoms with Crippen LogP contribution in [0.4, 0.5) is 0 Å². The van der Waals surface area contributed by atoms with Crippen LogP contribution in [0.25, 0.3) is 0 Å². The van der Waals surface area contributed by atoms with Crippen molar-refractivity contribution in [2.24, 2.45) is 5.92 Å². The Morgan fingerprint density at radius 3 is 3.09 bits per heavy atom. The Morgan fingerprint density at radius 1 is 1.50 bits per heavy atom. The molecule has 1 amide bonds. The molecule has 4 nitrogen and oxygen atoms in total. The fourth-order valence-corrected chi connectivity index (χ4v) is 3.32. The highest BCUT2D eigenvalue weighted by atomic mass is 79.9. The van der Waals surface area contributed by atoms with Gasteiger partial charge in [0.25, 0.3) is 0 Å². The van der Waals surface area contributed by atoms with E-state index in [0.717, 1.165) is 30.5 Å². The standard InChI is InChI=1S/C16H22BrClN2O2/c17-14-10-13(18)3-4-15(14)22-9-6-16(21)20-8-5-12-2-1-7-19-11-12/h3-4,10,12,19H,1-2,5-9,11H2,(H,20,21). The van der Waals surface area contributed by atoms with E-state index in [9.17, 15) is 4.79 Å². The lowest BCUT2D eigenvalue weighted by Crippen LogP contribution is -2.33. The molecule has 1 fully saturated rings. The molecule has 1 atom stereocenters. The van der Waals surface area contributed by atoms with Crippen molar-refractivity contribution in [3.8, 4) is 5.75 Å². The maximum atomic E-state index is 11.8. The number of benzene rings is 1. The molecule has 0 saturated carbocycles.